The van der Waals surface area contributed by atoms with Crippen molar-refractivity contribution < 1.29 is 14.3 Å². The zero-order chi connectivity index (χ0) is 21.2. The van der Waals surface area contributed by atoms with Crippen molar-refractivity contribution in [3.8, 4) is 5.75 Å². The summed E-state index contributed by atoms with van der Waals surface area (Å²) in [5.41, 5.74) is 7.89. The van der Waals surface area contributed by atoms with E-state index < -0.39 is 5.91 Å². The maximum absolute atomic E-state index is 12.9. The molecule has 0 aliphatic heterocycles. The van der Waals surface area contributed by atoms with E-state index in [4.69, 9.17) is 10.5 Å². The molecule has 1 atom stereocenters. The molecule has 0 bridgehead atoms. The number of carbonyl (C=O) groups excluding carboxylic acids is 2. The lowest BCUT2D eigenvalue weighted by Gasteiger charge is -2.36. The molecule has 156 valence electrons. The summed E-state index contributed by atoms with van der Waals surface area (Å²) in [5.74, 6) is 0.311. The molecule has 0 saturated heterocycles. The lowest BCUT2D eigenvalue weighted by atomic mass is 9.69. The smallest absolute Gasteiger partial charge is 0.260 e. The van der Waals surface area contributed by atoms with Crippen LogP contribution >= 0.6 is 11.3 Å². The number of amides is 2. The van der Waals surface area contributed by atoms with Gasteiger partial charge in [0.1, 0.15) is 10.8 Å². The summed E-state index contributed by atoms with van der Waals surface area (Å²) in [6, 6.07) is 7.11. The summed E-state index contributed by atoms with van der Waals surface area (Å²) in [6.45, 7) is 9.18. The number of nitrogens with one attached hydrogen (secondary N) is 1. The summed E-state index contributed by atoms with van der Waals surface area (Å²) >= 11 is 1.49. The fourth-order valence-electron chi connectivity index (χ4n) is 4.00. The summed E-state index contributed by atoms with van der Waals surface area (Å²) in [6.07, 6.45) is 3.89. The zero-order valence-electron chi connectivity index (χ0n) is 17.6. The molecule has 3 N–H and O–H groups in total. The second kappa shape index (κ2) is 8.57. The van der Waals surface area contributed by atoms with Crippen molar-refractivity contribution >= 4 is 28.2 Å². The van der Waals surface area contributed by atoms with E-state index in [9.17, 15) is 9.59 Å². The van der Waals surface area contributed by atoms with Crippen molar-refractivity contribution in [1.29, 1.82) is 0 Å². The first-order chi connectivity index (χ1) is 13.8. The van der Waals surface area contributed by atoms with Crippen LogP contribution in [0.5, 0.6) is 5.75 Å². The summed E-state index contributed by atoms with van der Waals surface area (Å²) < 4.78 is 5.57. The minimum absolute atomic E-state index is 0.244. The summed E-state index contributed by atoms with van der Waals surface area (Å²) in [4.78, 5) is 26.3. The number of benzene rings is 1. The molecule has 5 nitrogen and oxygen atoms in total. The van der Waals surface area contributed by atoms with Crippen LogP contribution in [0.2, 0.25) is 0 Å². The lowest BCUT2D eigenvalue weighted by molar-refractivity contribution is 0.0999. The third kappa shape index (κ3) is 4.32. The van der Waals surface area contributed by atoms with Crippen molar-refractivity contribution in [1.82, 2.24) is 0 Å². The van der Waals surface area contributed by atoms with E-state index in [0.29, 0.717) is 34.4 Å². The number of thiophene rings is 1. The van der Waals surface area contributed by atoms with Gasteiger partial charge in [-0.15, -0.1) is 11.3 Å². The van der Waals surface area contributed by atoms with Crippen LogP contribution in [-0.2, 0) is 12.8 Å². The third-order valence-electron chi connectivity index (χ3n) is 6.19. The largest absolute Gasteiger partial charge is 0.493 e. The Morgan fingerprint density at radius 2 is 2.00 bits per heavy atom. The number of hydrogen-bond donors (Lipinski definition) is 2. The number of hydrogen-bond acceptors (Lipinski definition) is 4. The monoisotopic (exact) mass is 414 g/mol. The third-order valence-corrected chi connectivity index (χ3v) is 7.36. The molecule has 1 unspecified atom stereocenters. The fraction of sp³-hybridized carbons (Fsp3) is 0.478. The lowest BCUT2D eigenvalue weighted by Crippen LogP contribution is -2.29. The highest BCUT2D eigenvalue weighted by molar-refractivity contribution is 7.17. The van der Waals surface area contributed by atoms with Crippen molar-refractivity contribution in [3.05, 3.63) is 45.8 Å². The molecule has 1 aromatic heterocycles. The Balaban J connectivity index is 1.91. The molecule has 1 aliphatic rings. The van der Waals surface area contributed by atoms with E-state index >= 15 is 0 Å². The predicted octanol–water partition coefficient (Wildman–Crippen LogP) is 5.04. The van der Waals surface area contributed by atoms with Crippen LogP contribution in [0.4, 0.5) is 5.00 Å². The maximum Gasteiger partial charge on any atom is 0.260 e. The van der Waals surface area contributed by atoms with Gasteiger partial charge in [0.25, 0.3) is 11.8 Å². The fourth-order valence-corrected chi connectivity index (χ4v) is 5.32. The van der Waals surface area contributed by atoms with Gasteiger partial charge in [-0.3, -0.25) is 9.59 Å². The zero-order valence-corrected chi connectivity index (χ0v) is 18.4. The summed E-state index contributed by atoms with van der Waals surface area (Å²) in [5, 5.41) is 3.48. The van der Waals surface area contributed by atoms with Gasteiger partial charge in [0.2, 0.25) is 0 Å². The molecule has 0 saturated carbocycles. The molecule has 2 aromatic rings. The second-order valence-electron chi connectivity index (χ2n) is 8.24. The van der Waals surface area contributed by atoms with Crippen molar-refractivity contribution in [3.63, 3.8) is 0 Å². The van der Waals surface area contributed by atoms with Crippen molar-refractivity contribution in [2.45, 2.75) is 53.4 Å². The van der Waals surface area contributed by atoms with E-state index in [1.54, 1.807) is 18.2 Å². The Hall–Kier alpha value is -2.34. The van der Waals surface area contributed by atoms with E-state index in [-0.39, 0.29) is 11.3 Å². The van der Waals surface area contributed by atoms with Gasteiger partial charge in [-0.25, -0.2) is 0 Å². The number of nitrogens with two attached hydrogens (primary N) is 1. The second-order valence-corrected chi connectivity index (χ2v) is 9.34. The Labute approximate surface area is 176 Å². The quantitative estimate of drug-likeness (QED) is 0.666. The SMILES string of the molecule is CCOc1ccccc1C(=O)Nc1sc2c(c1C(N)=O)CCC(C(C)(C)CC)C2. The Bertz CT molecular complexity index is 917. The molecule has 3 rings (SSSR count). The van der Waals surface area contributed by atoms with Crippen LogP contribution in [-0.4, -0.2) is 18.4 Å². The maximum atomic E-state index is 12.9. The number of primary amides is 1. The average Bonchev–Trinajstić information content (AvgIpc) is 3.05. The highest BCUT2D eigenvalue weighted by Gasteiger charge is 2.35. The van der Waals surface area contributed by atoms with E-state index in [2.05, 4.69) is 26.1 Å². The van der Waals surface area contributed by atoms with Gasteiger partial charge in [-0.2, -0.15) is 0 Å². The Morgan fingerprint density at radius 1 is 1.28 bits per heavy atom. The predicted molar refractivity (Wildman–Crippen MR) is 118 cm³/mol. The van der Waals surface area contributed by atoms with Gasteiger partial charge < -0.3 is 15.8 Å². The molecular formula is C23H30N2O3S. The van der Waals surface area contributed by atoms with E-state index in [0.717, 1.165) is 31.2 Å². The number of fused-ring (bicyclic) bond motifs is 1. The number of carbonyl (C=O) groups is 2. The highest BCUT2D eigenvalue weighted by Crippen LogP contribution is 2.45. The topological polar surface area (TPSA) is 81.4 Å². The minimum Gasteiger partial charge on any atom is -0.493 e. The molecule has 6 heteroatoms. The Kier molecular flexibility index (Phi) is 6.32. The number of para-hydroxylation sites is 1. The number of anilines is 1. The molecule has 1 aliphatic carbocycles. The normalized spacial score (nSPS) is 16.2. The van der Waals surface area contributed by atoms with Crippen LogP contribution in [0.1, 0.15) is 71.7 Å². The first kappa shape index (κ1) is 21.4. The molecule has 29 heavy (non-hydrogen) atoms. The molecule has 0 radical (unpaired) electrons. The van der Waals surface area contributed by atoms with E-state index in [1.807, 2.05) is 13.0 Å². The van der Waals surface area contributed by atoms with Crippen molar-refractivity contribution in [2.24, 2.45) is 17.1 Å². The average molecular weight is 415 g/mol. The molecule has 1 aromatic carbocycles. The van der Waals surface area contributed by atoms with Crippen LogP contribution in [0.15, 0.2) is 24.3 Å². The van der Waals surface area contributed by atoms with Gasteiger partial charge in [0.05, 0.1) is 17.7 Å². The summed E-state index contributed by atoms with van der Waals surface area (Å²) in [7, 11) is 0. The van der Waals surface area contributed by atoms with Gasteiger partial charge in [-0.1, -0.05) is 39.3 Å². The molecule has 2 amide bonds. The molecule has 0 spiro atoms. The first-order valence-electron chi connectivity index (χ1n) is 10.3. The van der Waals surface area contributed by atoms with Gasteiger partial charge in [0, 0.05) is 4.88 Å². The molecule has 0 fully saturated rings. The van der Waals surface area contributed by atoms with Crippen LogP contribution in [0.25, 0.3) is 0 Å². The first-order valence-corrected chi connectivity index (χ1v) is 11.1. The minimum atomic E-state index is -0.482. The van der Waals surface area contributed by atoms with Crippen LogP contribution < -0.4 is 15.8 Å². The Morgan fingerprint density at radius 3 is 2.66 bits per heavy atom. The number of ether oxygens (including phenoxy) is 1. The van der Waals surface area contributed by atoms with Crippen LogP contribution in [0.3, 0.4) is 0 Å². The molecule has 1 heterocycles. The van der Waals surface area contributed by atoms with Crippen molar-refractivity contribution in [2.75, 3.05) is 11.9 Å². The van der Waals surface area contributed by atoms with Gasteiger partial charge >= 0.3 is 0 Å². The van der Waals surface area contributed by atoms with Crippen LogP contribution in [0, 0.1) is 11.3 Å². The standard InChI is InChI=1S/C23H30N2O3S/c1-5-23(3,4)14-11-12-16-18(13-14)29-22(19(16)20(24)26)25-21(27)15-9-7-8-10-17(15)28-6-2/h7-10,14H,5-6,11-13H2,1-4H3,(H2,24,26)(H,25,27). The van der Waals surface area contributed by atoms with Gasteiger partial charge in [0.15, 0.2) is 0 Å². The van der Waals surface area contributed by atoms with Gasteiger partial charge in [-0.05, 0) is 55.2 Å². The number of rotatable bonds is 7. The van der Waals surface area contributed by atoms with E-state index in [1.165, 1.54) is 16.2 Å². The molecular weight excluding hydrogens is 384 g/mol. The highest BCUT2D eigenvalue weighted by atomic mass is 32.1.